The van der Waals surface area contributed by atoms with Crippen LogP contribution in [0.5, 0.6) is 11.5 Å². The van der Waals surface area contributed by atoms with E-state index in [1.165, 1.54) is 6.92 Å². The number of ether oxygens (including phenoxy) is 1. The third-order valence-corrected chi connectivity index (χ3v) is 1.03. The van der Waals surface area contributed by atoms with Gasteiger partial charge in [-0.25, -0.2) is 0 Å². The van der Waals surface area contributed by atoms with Gasteiger partial charge in [-0.1, -0.05) is 12.1 Å². The number of nitrogens with zero attached hydrogens (tertiary/aromatic N) is 1. The first-order valence-electron chi connectivity index (χ1n) is 2.96. The summed E-state index contributed by atoms with van der Waals surface area (Å²) in [6.45, 7) is 1.43. The number of benzene rings is 1. The molecule has 0 saturated heterocycles. The Labute approximate surface area is 59.7 Å². The fourth-order valence-corrected chi connectivity index (χ4v) is 0.611. The second-order valence-corrected chi connectivity index (χ2v) is 1.77. The maximum absolute atomic E-state index is 7.32. The van der Waals surface area contributed by atoms with Gasteiger partial charge < -0.3 is 4.74 Å². The van der Waals surface area contributed by atoms with E-state index in [9.17, 15) is 0 Å². The molecule has 0 atom stereocenters. The summed E-state index contributed by atoms with van der Waals surface area (Å²) < 4.78 is 4.94. The Morgan fingerprint density at radius 2 is 1.70 bits per heavy atom. The first kappa shape index (κ1) is 6.63. The van der Waals surface area contributed by atoms with E-state index >= 15 is 0 Å². The lowest BCUT2D eigenvalue weighted by atomic mass is 10.4. The summed E-state index contributed by atoms with van der Waals surface area (Å²) in [5.74, 6) is 2.06. The van der Waals surface area contributed by atoms with Crippen molar-refractivity contribution in [1.29, 1.82) is 5.26 Å². The summed E-state index contributed by atoms with van der Waals surface area (Å²) in [6, 6.07) is 9.59. The van der Waals surface area contributed by atoms with Crippen LogP contribution in [0.25, 0.3) is 0 Å². The highest BCUT2D eigenvalue weighted by atomic mass is 16.6. The van der Waals surface area contributed by atoms with Crippen molar-refractivity contribution in [2.75, 3.05) is 0 Å². The zero-order chi connectivity index (χ0) is 7.40. The van der Waals surface area contributed by atoms with E-state index < -0.39 is 0 Å². The molecular formula is C8H7NO. The molecule has 50 valence electrons. The van der Waals surface area contributed by atoms with Crippen LogP contribution in [0.2, 0.25) is 0 Å². The van der Waals surface area contributed by atoms with E-state index in [1.54, 1.807) is 6.07 Å². The third-order valence-electron chi connectivity index (χ3n) is 1.03. The van der Waals surface area contributed by atoms with Gasteiger partial charge in [0.2, 0.25) is 0 Å². The monoisotopic (exact) mass is 133 g/mol. The average molecular weight is 133 g/mol. The van der Waals surface area contributed by atoms with Gasteiger partial charge in [0.1, 0.15) is 0 Å². The fraction of sp³-hybridized carbons (Fsp3) is 0.125. The number of hydrogen-bond donors (Lipinski definition) is 0. The number of nitriles is 1. The molecule has 1 heterocycles. The molecule has 1 aliphatic rings. The topological polar surface area (TPSA) is 36.3 Å². The van der Waals surface area contributed by atoms with E-state index in [1.807, 2.05) is 24.3 Å². The van der Waals surface area contributed by atoms with Gasteiger partial charge in [-0.05, 0) is 12.1 Å². The van der Waals surface area contributed by atoms with Crippen molar-refractivity contribution in [2.24, 2.45) is 0 Å². The van der Waals surface area contributed by atoms with Crippen LogP contribution >= 0.6 is 0 Å². The molecule has 0 aliphatic carbocycles. The van der Waals surface area contributed by atoms with Crippen molar-refractivity contribution in [1.82, 2.24) is 0 Å². The van der Waals surface area contributed by atoms with Crippen molar-refractivity contribution in [2.45, 2.75) is 6.92 Å². The molecule has 1 aromatic carbocycles. The summed E-state index contributed by atoms with van der Waals surface area (Å²) in [7, 11) is 0. The van der Waals surface area contributed by atoms with Crippen LogP contribution in [0.1, 0.15) is 6.92 Å². The van der Waals surface area contributed by atoms with Crippen molar-refractivity contribution >= 4 is 0 Å². The van der Waals surface area contributed by atoms with Crippen LogP contribution < -0.4 is 4.74 Å². The van der Waals surface area contributed by atoms with Gasteiger partial charge in [-0.3, -0.25) is 0 Å². The van der Waals surface area contributed by atoms with Crippen molar-refractivity contribution in [3.05, 3.63) is 24.3 Å². The predicted octanol–water partition coefficient (Wildman–Crippen LogP) is 2.32. The standard InChI is InChI=1S/C6H4O.C2H3N/c1-2-4-6-5(3-1)7-6;1-2-3/h1-4H;1H3. The fourth-order valence-electron chi connectivity index (χ4n) is 0.611. The quantitative estimate of drug-likeness (QED) is 0.517. The summed E-state index contributed by atoms with van der Waals surface area (Å²) in [5, 5.41) is 7.32. The molecule has 1 aromatic rings. The molecule has 0 bridgehead atoms. The summed E-state index contributed by atoms with van der Waals surface area (Å²) in [5.41, 5.74) is 0. The number of hydrogen-bond acceptors (Lipinski definition) is 2. The summed E-state index contributed by atoms with van der Waals surface area (Å²) >= 11 is 0. The molecule has 0 aromatic heterocycles. The SMILES string of the molecule is CC#N.c1ccc2c(c1)O2. The Kier molecular flexibility index (Phi) is 1.91. The number of rotatable bonds is 0. The summed E-state index contributed by atoms with van der Waals surface area (Å²) in [6.07, 6.45) is 0. The molecule has 0 amide bonds. The number of fused-ring (bicyclic) bond motifs is 1. The van der Waals surface area contributed by atoms with Gasteiger partial charge >= 0.3 is 0 Å². The smallest absolute Gasteiger partial charge is 0.170 e. The molecule has 0 fully saturated rings. The second-order valence-electron chi connectivity index (χ2n) is 1.77. The Balaban J connectivity index is 0.000000148. The van der Waals surface area contributed by atoms with Gasteiger partial charge in [0, 0.05) is 6.92 Å². The van der Waals surface area contributed by atoms with Gasteiger partial charge in [0.15, 0.2) is 11.5 Å². The molecular weight excluding hydrogens is 126 g/mol. The highest BCUT2D eigenvalue weighted by Gasteiger charge is 2.15. The molecule has 10 heavy (non-hydrogen) atoms. The first-order valence-corrected chi connectivity index (χ1v) is 2.96. The lowest BCUT2D eigenvalue weighted by Gasteiger charge is -1.61. The van der Waals surface area contributed by atoms with Crippen LogP contribution in [0.15, 0.2) is 24.3 Å². The average Bonchev–Trinajstić information content (AvgIpc) is 2.66. The summed E-state index contributed by atoms with van der Waals surface area (Å²) in [4.78, 5) is 0. The Morgan fingerprint density at radius 3 is 2.00 bits per heavy atom. The van der Waals surface area contributed by atoms with E-state index in [4.69, 9.17) is 10.00 Å². The Hall–Kier alpha value is -1.49. The lowest BCUT2D eigenvalue weighted by Crippen LogP contribution is -1.37. The molecule has 0 spiro atoms. The molecule has 2 rings (SSSR count). The minimum Gasteiger partial charge on any atom is -0.450 e. The first-order chi connectivity index (χ1) is 4.88. The van der Waals surface area contributed by atoms with E-state index in [2.05, 4.69) is 0 Å². The van der Waals surface area contributed by atoms with Gasteiger partial charge in [0.05, 0.1) is 6.07 Å². The van der Waals surface area contributed by atoms with Crippen LogP contribution in [0.3, 0.4) is 0 Å². The molecule has 2 nitrogen and oxygen atoms in total. The van der Waals surface area contributed by atoms with Gasteiger partial charge in [-0.2, -0.15) is 5.26 Å². The normalized spacial score (nSPS) is 9.20. The minimum atomic E-state index is 1.03. The van der Waals surface area contributed by atoms with E-state index in [0.29, 0.717) is 0 Å². The maximum Gasteiger partial charge on any atom is 0.170 e. The molecule has 0 radical (unpaired) electrons. The van der Waals surface area contributed by atoms with Gasteiger partial charge in [0.25, 0.3) is 0 Å². The highest BCUT2D eigenvalue weighted by Crippen LogP contribution is 2.43. The molecule has 0 N–H and O–H groups in total. The van der Waals surface area contributed by atoms with Crippen LogP contribution in [0, 0.1) is 11.3 Å². The van der Waals surface area contributed by atoms with Crippen LogP contribution in [-0.2, 0) is 0 Å². The van der Waals surface area contributed by atoms with E-state index in [0.717, 1.165) is 11.5 Å². The zero-order valence-corrected chi connectivity index (χ0v) is 5.66. The third kappa shape index (κ3) is 1.49. The predicted molar refractivity (Wildman–Crippen MR) is 37.8 cm³/mol. The lowest BCUT2D eigenvalue weighted by molar-refractivity contribution is 0.650. The highest BCUT2D eigenvalue weighted by molar-refractivity contribution is 5.53. The molecule has 1 aliphatic heterocycles. The number of para-hydroxylation sites is 2. The largest absolute Gasteiger partial charge is 0.450 e. The molecule has 0 unspecified atom stereocenters. The van der Waals surface area contributed by atoms with Crippen molar-refractivity contribution in [3.63, 3.8) is 0 Å². The minimum absolute atomic E-state index is 1.03. The molecule has 2 heteroatoms. The van der Waals surface area contributed by atoms with Gasteiger partial charge in [-0.15, -0.1) is 0 Å². The van der Waals surface area contributed by atoms with Crippen molar-refractivity contribution in [3.8, 4) is 17.6 Å². The Morgan fingerprint density at radius 1 is 1.30 bits per heavy atom. The van der Waals surface area contributed by atoms with Crippen LogP contribution in [0.4, 0.5) is 0 Å². The second kappa shape index (κ2) is 2.88. The van der Waals surface area contributed by atoms with E-state index in [-0.39, 0.29) is 0 Å². The van der Waals surface area contributed by atoms with Crippen molar-refractivity contribution < 1.29 is 4.74 Å². The maximum atomic E-state index is 7.32. The zero-order valence-electron chi connectivity index (χ0n) is 5.66. The van der Waals surface area contributed by atoms with Crippen LogP contribution in [-0.4, -0.2) is 0 Å². The Bertz CT molecular complexity index is 241. The molecule has 0 saturated carbocycles.